The smallest absolute Gasteiger partial charge is 0.122 e. The summed E-state index contributed by atoms with van der Waals surface area (Å²) in [5.41, 5.74) is 1.35. The molecule has 70 valence electrons. The number of hydrogen-bond acceptors (Lipinski definition) is 1. The summed E-state index contributed by atoms with van der Waals surface area (Å²) < 4.78 is 5.72. The van der Waals surface area contributed by atoms with Crippen LogP contribution in [0.1, 0.15) is 12.0 Å². The molecule has 1 atom stereocenters. The fourth-order valence-corrected chi connectivity index (χ4v) is 2.13. The topological polar surface area (TPSA) is 9.23 Å². The van der Waals surface area contributed by atoms with E-state index in [9.17, 15) is 0 Å². The standard InChI is InChI=1S/C11H13BrO/c12-7-9-5-6-10-3-1-2-4-11(10)13-8-9/h1-4,9H,5-8H2. The molecule has 1 nitrogen and oxygen atoms in total. The molecular formula is C11H13BrO. The van der Waals surface area contributed by atoms with Crippen molar-refractivity contribution in [2.24, 2.45) is 5.92 Å². The fourth-order valence-electron chi connectivity index (χ4n) is 1.62. The Balaban J connectivity index is 2.17. The van der Waals surface area contributed by atoms with Gasteiger partial charge in [0.25, 0.3) is 0 Å². The van der Waals surface area contributed by atoms with Crippen molar-refractivity contribution >= 4 is 15.9 Å². The number of aryl methyl sites for hydroxylation is 1. The zero-order valence-electron chi connectivity index (χ0n) is 7.50. The van der Waals surface area contributed by atoms with Gasteiger partial charge in [0.1, 0.15) is 5.75 Å². The molecule has 0 fully saturated rings. The van der Waals surface area contributed by atoms with Gasteiger partial charge in [-0.25, -0.2) is 0 Å². The minimum absolute atomic E-state index is 0.660. The predicted molar refractivity (Wildman–Crippen MR) is 57.5 cm³/mol. The van der Waals surface area contributed by atoms with Crippen molar-refractivity contribution < 1.29 is 4.74 Å². The molecule has 1 aliphatic rings. The molecule has 0 radical (unpaired) electrons. The van der Waals surface area contributed by atoms with E-state index in [1.54, 1.807) is 0 Å². The summed E-state index contributed by atoms with van der Waals surface area (Å²) in [6, 6.07) is 8.34. The van der Waals surface area contributed by atoms with Crippen molar-refractivity contribution in [3.05, 3.63) is 29.8 Å². The second-order valence-electron chi connectivity index (χ2n) is 3.48. The third-order valence-corrected chi connectivity index (χ3v) is 3.40. The van der Waals surface area contributed by atoms with E-state index in [4.69, 9.17) is 4.74 Å². The van der Waals surface area contributed by atoms with Crippen LogP contribution in [-0.2, 0) is 6.42 Å². The lowest BCUT2D eigenvalue weighted by Crippen LogP contribution is -2.11. The van der Waals surface area contributed by atoms with E-state index in [0.717, 1.165) is 24.1 Å². The average molecular weight is 241 g/mol. The first kappa shape index (κ1) is 9.07. The lowest BCUT2D eigenvalue weighted by Gasteiger charge is -2.09. The highest BCUT2D eigenvalue weighted by Gasteiger charge is 2.15. The second kappa shape index (κ2) is 4.14. The van der Waals surface area contributed by atoms with Crippen LogP contribution in [0.2, 0.25) is 0 Å². The van der Waals surface area contributed by atoms with Gasteiger partial charge in [-0.2, -0.15) is 0 Å². The SMILES string of the molecule is BrCC1CCc2ccccc2OC1. The van der Waals surface area contributed by atoms with Gasteiger partial charge in [-0.1, -0.05) is 34.1 Å². The maximum absolute atomic E-state index is 5.72. The lowest BCUT2D eigenvalue weighted by atomic mass is 10.0. The van der Waals surface area contributed by atoms with E-state index in [1.165, 1.54) is 12.0 Å². The number of alkyl halides is 1. The van der Waals surface area contributed by atoms with Gasteiger partial charge in [0, 0.05) is 11.2 Å². The summed E-state index contributed by atoms with van der Waals surface area (Å²) in [6.45, 7) is 0.849. The first-order chi connectivity index (χ1) is 6.40. The summed E-state index contributed by atoms with van der Waals surface area (Å²) >= 11 is 3.51. The molecule has 1 heterocycles. The van der Waals surface area contributed by atoms with Crippen molar-refractivity contribution in [2.45, 2.75) is 12.8 Å². The van der Waals surface area contributed by atoms with Crippen molar-refractivity contribution in [1.82, 2.24) is 0 Å². The Morgan fingerprint density at radius 3 is 3.08 bits per heavy atom. The number of benzene rings is 1. The van der Waals surface area contributed by atoms with E-state index < -0.39 is 0 Å². The number of halogens is 1. The highest BCUT2D eigenvalue weighted by atomic mass is 79.9. The van der Waals surface area contributed by atoms with Crippen LogP contribution in [0.3, 0.4) is 0 Å². The number of hydrogen-bond donors (Lipinski definition) is 0. The van der Waals surface area contributed by atoms with Crippen LogP contribution >= 0.6 is 15.9 Å². The van der Waals surface area contributed by atoms with Gasteiger partial charge in [-0.3, -0.25) is 0 Å². The summed E-state index contributed by atoms with van der Waals surface area (Å²) in [7, 11) is 0. The van der Waals surface area contributed by atoms with E-state index in [0.29, 0.717) is 5.92 Å². The van der Waals surface area contributed by atoms with Gasteiger partial charge >= 0.3 is 0 Å². The van der Waals surface area contributed by atoms with Crippen molar-refractivity contribution in [3.63, 3.8) is 0 Å². The molecule has 1 aromatic carbocycles. The van der Waals surface area contributed by atoms with Crippen LogP contribution in [0, 0.1) is 5.92 Å². The third kappa shape index (κ3) is 2.05. The minimum atomic E-state index is 0.660. The predicted octanol–water partition coefficient (Wildman–Crippen LogP) is 3.02. The molecular weight excluding hydrogens is 228 g/mol. The lowest BCUT2D eigenvalue weighted by molar-refractivity contribution is 0.268. The van der Waals surface area contributed by atoms with Gasteiger partial charge < -0.3 is 4.74 Å². The Morgan fingerprint density at radius 2 is 2.23 bits per heavy atom. The molecule has 1 unspecified atom stereocenters. The normalized spacial score (nSPS) is 21.5. The van der Waals surface area contributed by atoms with Crippen molar-refractivity contribution in [2.75, 3.05) is 11.9 Å². The molecule has 1 aromatic rings. The zero-order chi connectivity index (χ0) is 9.10. The van der Waals surface area contributed by atoms with Crippen LogP contribution in [0.25, 0.3) is 0 Å². The van der Waals surface area contributed by atoms with Crippen LogP contribution in [-0.4, -0.2) is 11.9 Å². The van der Waals surface area contributed by atoms with Gasteiger partial charge in [0.2, 0.25) is 0 Å². The number of para-hydroxylation sites is 1. The monoisotopic (exact) mass is 240 g/mol. The van der Waals surface area contributed by atoms with Crippen molar-refractivity contribution in [1.29, 1.82) is 0 Å². The maximum Gasteiger partial charge on any atom is 0.122 e. The molecule has 0 aromatic heterocycles. The summed E-state index contributed by atoms with van der Waals surface area (Å²) in [5, 5.41) is 1.04. The molecule has 0 aliphatic carbocycles. The third-order valence-electron chi connectivity index (χ3n) is 2.49. The molecule has 0 N–H and O–H groups in total. The van der Waals surface area contributed by atoms with Crippen molar-refractivity contribution in [3.8, 4) is 5.75 Å². The van der Waals surface area contributed by atoms with E-state index in [-0.39, 0.29) is 0 Å². The van der Waals surface area contributed by atoms with Gasteiger partial charge in [0.05, 0.1) is 6.61 Å². The number of ether oxygens (including phenoxy) is 1. The molecule has 0 spiro atoms. The first-order valence-corrected chi connectivity index (χ1v) is 5.79. The zero-order valence-corrected chi connectivity index (χ0v) is 9.09. The van der Waals surface area contributed by atoms with E-state index >= 15 is 0 Å². The molecule has 2 heteroatoms. The molecule has 0 amide bonds. The quantitative estimate of drug-likeness (QED) is 0.686. The Labute approximate surface area is 87.2 Å². The minimum Gasteiger partial charge on any atom is -0.493 e. The fraction of sp³-hybridized carbons (Fsp3) is 0.455. The summed E-state index contributed by atoms with van der Waals surface area (Å²) in [4.78, 5) is 0. The summed E-state index contributed by atoms with van der Waals surface area (Å²) in [5.74, 6) is 1.73. The van der Waals surface area contributed by atoms with Gasteiger partial charge in [-0.15, -0.1) is 0 Å². The highest BCUT2D eigenvalue weighted by Crippen LogP contribution is 2.26. The van der Waals surface area contributed by atoms with Crippen LogP contribution in [0.15, 0.2) is 24.3 Å². The average Bonchev–Trinajstić information content (AvgIpc) is 2.39. The Morgan fingerprint density at radius 1 is 1.38 bits per heavy atom. The van der Waals surface area contributed by atoms with Crippen LogP contribution in [0.5, 0.6) is 5.75 Å². The van der Waals surface area contributed by atoms with E-state index in [2.05, 4.69) is 34.1 Å². The van der Waals surface area contributed by atoms with Crippen LogP contribution < -0.4 is 4.74 Å². The highest BCUT2D eigenvalue weighted by molar-refractivity contribution is 9.09. The Bertz CT molecular complexity index is 258. The Hall–Kier alpha value is -0.500. The second-order valence-corrected chi connectivity index (χ2v) is 4.13. The Kier molecular flexibility index (Phi) is 2.89. The molecule has 1 aliphatic heterocycles. The number of rotatable bonds is 1. The molecule has 0 bridgehead atoms. The molecule has 0 saturated heterocycles. The molecule has 2 rings (SSSR count). The largest absolute Gasteiger partial charge is 0.493 e. The molecule has 13 heavy (non-hydrogen) atoms. The van der Waals surface area contributed by atoms with Gasteiger partial charge in [-0.05, 0) is 24.5 Å². The molecule has 0 saturated carbocycles. The number of fused-ring (bicyclic) bond motifs is 1. The maximum atomic E-state index is 5.72. The first-order valence-electron chi connectivity index (χ1n) is 4.67. The van der Waals surface area contributed by atoms with Gasteiger partial charge in [0.15, 0.2) is 0 Å². The van der Waals surface area contributed by atoms with E-state index in [1.807, 2.05) is 6.07 Å². The summed E-state index contributed by atoms with van der Waals surface area (Å²) in [6.07, 6.45) is 2.37. The van der Waals surface area contributed by atoms with Crippen LogP contribution in [0.4, 0.5) is 0 Å².